The van der Waals surface area contributed by atoms with Crippen LogP contribution in [0.15, 0.2) is 0 Å². The van der Waals surface area contributed by atoms with E-state index in [1.54, 1.807) is 0 Å². The molecule has 0 aromatic heterocycles. The molecule has 0 amide bonds. The summed E-state index contributed by atoms with van der Waals surface area (Å²) < 4.78 is 10.8. The molecule has 2 heteroatoms. The Morgan fingerprint density at radius 3 is 3.09 bits per heavy atom. The first-order chi connectivity index (χ1) is 5.29. The lowest BCUT2D eigenvalue weighted by Gasteiger charge is -2.23. The highest BCUT2D eigenvalue weighted by Gasteiger charge is 2.13. The Balaban J connectivity index is 2.05. The number of rotatable bonds is 3. The van der Waals surface area contributed by atoms with Gasteiger partial charge >= 0.3 is 0 Å². The predicted molar refractivity (Wildman–Crippen MR) is 44.3 cm³/mol. The molecule has 2 nitrogen and oxygen atoms in total. The maximum atomic E-state index is 5.56. The Morgan fingerprint density at radius 1 is 1.73 bits per heavy atom. The zero-order valence-electron chi connectivity index (χ0n) is 7.21. The second-order valence-corrected chi connectivity index (χ2v) is 3.28. The fourth-order valence-corrected chi connectivity index (χ4v) is 1.14. The molecule has 11 heavy (non-hydrogen) atoms. The van der Waals surface area contributed by atoms with Gasteiger partial charge in [-0.05, 0) is 25.7 Å². The smallest absolute Gasteiger partial charge is 0.0809 e. The highest BCUT2D eigenvalue weighted by molar-refractivity contribution is 4.63. The van der Waals surface area contributed by atoms with Crippen LogP contribution in [0, 0.1) is 12.8 Å². The third kappa shape index (κ3) is 3.73. The first kappa shape index (κ1) is 9.01. The lowest BCUT2D eigenvalue weighted by atomic mass is 10.1. The van der Waals surface area contributed by atoms with E-state index in [1.165, 1.54) is 0 Å². The van der Waals surface area contributed by atoms with Crippen molar-refractivity contribution in [2.75, 3.05) is 19.8 Å². The van der Waals surface area contributed by atoms with E-state index in [1.807, 2.05) is 0 Å². The molecule has 2 atom stereocenters. The van der Waals surface area contributed by atoms with E-state index in [0.29, 0.717) is 12.0 Å². The number of hydrogen-bond acceptors (Lipinski definition) is 2. The van der Waals surface area contributed by atoms with Crippen LogP contribution in [0.3, 0.4) is 0 Å². The molecule has 1 saturated heterocycles. The van der Waals surface area contributed by atoms with E-state index in [2.05, 4.69) is 13.8 Å². The third-order valence-electron chi connectivity index (χ3n) is 1.73. The van der Waals surface area contributed by atoms with Gasteiger partial charge in [-0.15, -0.1) is 0 Å². The average molecular weight is 157 g/mol. The van der Waals surface area contributed by atoms with Gasteiger partial charge in [0.25, 0.3) is 0 Å². The van der Waals surface area contributed by atoms with Crippen LogP contribution >= 0.6 is 0 Å². The van der Waals surface area contributed by atoms with Crippen molar-refractivity contribution in [2.45, 2.75) is 25.9 Å². The molecule has 0 bridgehead atoms. The number of ether oxygens (including phenoxy) is 2. The molecule has 0 spiro atoms. The fourth-order valence-electron chi connectivity index (χ4n) is 1.14. The van der Waals surface area contributed by atoms with Gasteiger partial charge in [0, 0.05) is 13.2 Å². The minimum absolute atomic E-state index is 0.327. The molecular formula is C9H17O2. The molecule has 0 saturated carbocycles. The SMILES string of the molecule is [CH2]C(C)COC1CCCOC1. The van der Waals surface area contributed by atoms with E-state index in [0.717, 1.165) is 32.7 Å². The molecule has 1 radical (unpaired) electrons. The third-order valence-corrected chi connectivity index (χ3v) is 1.73. The molecule has 2 unspecified atom stereocenters. The second-order valence-electron chi connectivity index (χ2n) is 3.28. The lowest BCUT2D eigenvalue weighted by Crippen LogP contribution is -2.26. The fraction of sp³-hybridized carbons (Fsp3) is 0.889. The summed E-state index contributed by atoms with van der Waals surface area (Å²) in [5, 5.41) is 0. The van der Waals surface area contributed by atoms with Gasteiger partial charge in [-0.3, -0.25) is 0 Å². The topological polar surface area (TPSA) is 18.5 Å². The molecule has 1 aliphatic heterocycles. The Hall–Kier alpha value is -0.0800. The Kier molecular flexibility index (Phi) is 3.87. The van der Waals surface area contributed by atoms with Gasteiger partial charge in [0.1, 0.15) is 0 Å². The Labute approximate surface area is 68.9 Å². The lowest BCUT2D eigenvalue weighted by molar-refractivity contribution is -0.0552. The minimum atomic E-state index is 0.327. The summed E-state index contributed by atoms with van der Waals surface area (Å²) in [7, 11) is 0. The van der Waals surface area contributed by atoms with E-state index < -0.39 is 0 Å². The Bertz CT molecular complexity index is 95.7. The zero-order valence-corrected chi connectivity index (χ0v) is 7.21. The first-order valence-electron chi connectivity index (χ1n) is 4.31. The molecule has 1 fully saturated rings. The molecule has 1 heterocycles. The van der Waals surface area contributed by atoms with Crippen LogP contribution in [0.4, 0.5) is 0 Å². The van der Waals surface area contributed by atoms with Gasteiger partial charge in [-0.25, -0.2) is 0 Å². The van der Waals surface area contributed by atoms with Crippen LogP contribution in [0.25, 0.3) is 0 Å². The monoisotopic (exact) mass is 157 g/mol. The molecule has 1 rings (SSSR count). The highest BCUT2D eigenvalue weighted by Crippen LogP contribution is 2.10. The van der Waals surface area contributed by atoms with Crippen molar-refractivity contribution in [3.63, 3.8) is 0 Å². The predicted octanol–water partition coefficient (Wildman–Crippen LogP) is 1.65. The van der Waals surface area contributed by atoms with Crippen molar-refractivity contribution < 1.29 is 9.47 Å². The van der Waals surface area contributed by atoms with Crippen LogP contribution in [0.2, 0.25) is 0 Å². The standard InChI is InChI=1S/C9H17O2/c1-8(2)6-11-9-4-3-5-10-7-9/h8-9H,1,3-7H2,2H3. The van der Waals surface area contributed by atoms with Crippen molar-refractivity contribution in [1.29, 1.82) is 0 Å². The van der Waals surface area contributed by atoms with Crippen molar-refractivity contribution in [3.8, 4) is 0 Å². The quantitative estimate of drug-likeness (QED) is 0.620. The van der Waals surface area contributed by atoms with Crippen molar-refractivity contribution in [3.05, 3.63) is 6.92 Å². The van der Waals surface area contributed by atoms with Crippen molar-refractivity contribution in [1.82, 2.24) is 0 Å². The van der Waals surface area contributed by atoms with Gasteiger partial charge in [0.15, 0.2) is 0 Å². The van der Waals surface area contributed by atoms with Crippen LogP contribution in [0.5, 0.6) is 0 Å². The largest absolute Gasteiger partial charge is 0.379 e. The van der Waals surface area contributed by atoms with E-state index in [-0.39, 0.29) is 0 Å². The minimum Gasteiger partial charge on any atom is -0.379 e. The maximum absolute atomic E-state index is 5.56. The maximum Gasteiger partial charge on any atom is 0.0809 e. The van der Waals surface area contributed by atoms with Gasteiger partial charge in [-0.1, -0.05) is 6.92 Å². The Morgan fingerprint density at radius 2 is 2.55 bits per heavy atom. The summed E-state index contributed by atoms with van der Waals surface area (Å²) in [6, 6.07) is 0. The van der Waals surface area contributed by atoms with Gasteiger partial charge < -0.3 is 9.47 Å². The summed E-state index contributed by atoms with van der Waals surface area (Å²) in [4.78, 5) is 0. The summed E-state index contributed by atoms with van der Waals surface area (Å²) in [5.74, 6) is 0.386. The van der Waals surface area contributed by atoms with E-state index in [9.17, 15) is 0 Å². The van der Waals surface area contributed by atoms with E-state index in [4.69, 9.17) is 9.47 Å². The molecule has 0 aromatic rings. The second kappa shape index (κ2) is 4.73. The van der Waals surface area contributed by atoms with Crippen molar-refractivity contribution in [2.24, 2.45) is 5.92 Å². The normalized spacial score (nSPS) is 25.9. The van der Waals surface area contributed by atoms with Gasteiger partial charge in [0.05, 0.1) is 12.7 Å². The molecular weight excluding hydrogens is 140 g/mol. The van der Waals surface area contributed by atoms with E-state index >= 15 is 0 Å². The molecule has 65 valence electrons. The van der Waals surface area contributed by atoms with Crippen LogP contribution < -0.4 is 0 Å². The van der Waals surface area contributed by atoms with Crippen LogP contribution in [-0.4, -0.2) is 25.9 Å². The molecule has 1 aliphatic rings. The summed E-state index contributed by atoms with van der Waals surface area (Å²) >= 11 is 0. The van der Waals surface area contributed by atoms with Gasteiger partial charge in [0.2, 0.25) is 0 Å². The summed E-state index contributed by atoms with van der Waals surface area (Å²) in [6.07, 6.45) is 2.61. The summed E-state index contributed by atoms with van der Waals surface area (Å²) in [5.41, 5.74) is 0. The zero-order chi connectivity index (χ0) is 8.10. The first-order valence-corrected chi connectivity index (χ1v) is 4.31. The molecule has 0 aliphatic carbocycles. The molecule has 0 N–H and O–H groups in total. The van der Waals surface area contributed by atoms with Crippen molar-refractivity contribution >= 4 is 0 Å². The number of hydrogen-bond donors (Lipinski definition) is 0. The van der Waals surface area contributed by atoms with Crippen LogP contribution in [-0.2, 0) is 9.47 Å². The van der Waals surface area contributed by atoms with Gasteiger partial charge in [-0.2, -0.15) is 0 Å². The molecule has 0 aromatic carbocycles. The van der Waals surface area contributed by atoms with Crippen LogP contribution in [0.1, 0.15) is 19.8 Å². The summed E-state index contributed by atoms with van der Waals surface area (Å²) in [6.45, 7) is 8.35. The average Bonchev–Trinajstić information content (AvgIpc) is 2.03. The highest BCUT2D eigenvalue weighted by atomic mass is 16.5.